The van der Waals surface area contributed by atoms with E-state index in [1.165, 1.54) is 35.7 Å². The van der Waals surface area contributed by atoms with Crippen LogP contribution in [0.1, 0.15) is 29.7 Å². The smallest absolute Gasteiger partial charge is 0.308 e. The third kappa shape index (κ3) is 3.32. The highest BCUT2D eigenvalue weighted by Gasteiger charge is 2.28. The molecule has 1 aliphatic carbocycles. The lowest BCUT2D eigenvalue weighted by molar-refractivity contribution is -0.148. The zero-order valence-corrected chi connectivity index (χ0v) is 16.3. The third-order valence-corrected chi connectivity index (χ3v) is 7.36. The van der Waals surface area contributed by atoms with E-state index in [1.807, 2.05) is 4.90 Å². The first-order valence-electron chi connectivity index (χ1n) is 8.91. The number of hydrogen-bond acceptors (Lipinski definition) is 7. The second kappa shape index (κ2) is 7.52. The van der Waals surface area contributed by atoms with Gasteiger partial charge in [0.05, 0.1) is 18.8 Å². The molecule has 2 aliphatic rings. The van der Waals surface area contributed by atoms with Gasteiger partial charge in [-0.05, 0) is 37.7 Å². The molecule has 0 aromatic carbocycles. The van der Waals surface area contributed by atoms with E-state index < -0.39 is 0 Å². The van der Waals surface area contributed by atoms with Crippen LogP contribution in [0, 0.1) is 5.92 Å². The van der Waals surface area contributed by atoms with Crippen molar-refractivity contribution < 1.29 is 14.3 Å². The van der Waals surface area contributed by atoms with Crippen molar-refractivity contribution in [2.75, 3.05) is 26.0 Å². The number of aromatic nitrogens is 2. The van der Waals surface area contributed by atoms with Gasteiger partial charge in [-0.3, -0.25) is 9.59 Å². The van der Waals surface area contributed by atoms with Gasteiger partial charge in [0.2, 0.25) is 5.91 Å². The molecular weight excluding hydrogens is 370 g/mol. The molecule has 0 bridgehead atoms. The van der Waals surface area contributed by atoms with E-state index in [1.54, 1.807) is 17.7 Å². The highest BCUT2D eigenvalue weighted by Crippen LogP contribution is 2.40. The van der Waals surface area contributed by atoms with Gasteiger partial charge in [0, 0.05) is 23.4 Å². The Bertz CT molecular complexity index is 844. The molecule has 26 heavy (non-hydrogen) atoms. The number of likely N-dealkylation sites (tertiary alicyclic amines) is 1. The molecule has 8 heteroatoms. The number of aryl methyl sites for hydroxylation is 2. The highest BCUT2D eigenvalue weighted by atomic mass is 32.2. The Labute approximate surface area is 160 Å². The van der Waals surface area contributed by atoms with E-state index in [2.05, 4.69) is 9.97 Å². The number of carbonyl (C=O) groups is 2. The van der Waals surface area contributed by atoms with Gasteiger partial charge >= 0.3 is 5.97 Å². The van der Waals surface area contributed by atoms with E-state index in [0.717, 1.165) is 28.1 Å². The first-order valence-corrected chi connectivity index (χ1v) is 10.7. The molecule has 0 N–H and O–H groups in total. The molecule has 6 nitrogen and oxygen atoms in total. The Hall–Kier alpha value is -1.67. The first kappa shape index (κ1) is 17.7. The van der Waals surface area contributed by atoms with Gasteiger partial charge in [-0.15, -0.1) is 11.3 Å². The summed E-state index contributed by atoms with van der Waals surface area (Å²) in [7, 11) is 1.42. The number of esters is 1. The fraction of sp³-hybridized carbons (Fsp3) is 0.556. The second-order valence-electron chi connectivity index (χ2n) is 6.68. The van der Waals surface area contributed by atoms with Crippen LogP contribution in [0.4, 0.5) is 0 Å². The second-order valence-corrected chi connectivity index (χ2v) is 8.73. The van der Waals surface area contributed by atoms with E-state index in [9.17, 15) is 9.59 Å². The van der Waals surface area contributed by atoms with Crippen LogP contribution in [-0.4, -0.2) is 52.7 Å². The Morgan fingerprint density at radius 2 is 2.12 bits per heavy atom. The Morgan fingerprint density at radius 3 is 2.88 bits per heavy atom. The number of rotatable bonds is 4. The summed E-state index contributed by atoms with van der Waals surface area (Å²) in [6.07, 6.45) is 6.38. The van der Waals surface area contributed by atoms with Gasteiger partial charge < -0.3 is 9.64 Å². The maximum absolute atomic E-state index is 12.6. The molecule has 2 aromatic heterocycles. The number of fused-ring (bicyclic) bond motifs is 3. The van der Waals surface area contributed by atoms with Gasteiger partial charge in [0.1, 0.15) is 16.2 Å². The normalized spacial score (nSPS) is 17.5. The molecule has 0 saturated carbocycles. The van der Waals surface area contributed by atoms with Crippen molar-refractivity contribution in [3.05, 3.63) is 16.8 Å². The minimum absolute atomic E-state index is 0.0772. The SMILES string of the molecule is COC(=O)C1CCN(C(=O)CSc2ncnc3sc4c(c23)CCC4)CC1. The minimum atomic E-state index is -0.166. The number of thioether (sulfide) groups is 1. The number of amides is 1. The number of ether oxygens (including phenoxy) is 1. The monoisotopic (exact) mass is 391 g/mol. The number of carbonyl (C=O) groups excluding carboxylic acids is 2. The lowest BCUT2D eigenvalue weighted by Gasteiger charge is -2.30. The summed E-state index contributed by atoms with van der Waals surface area (Å²) in [4.78, 5) is 37.4. The summed E-state index contributed by atoms with van der Waals surface area (Å²) >= 11 is 3.27. The van der Waals surface area contributed by atoms with Crippen LogP contribution in [0.25, 0.3) is 10.2 Å². The van der Waals surface area contributed by atoms with E-state index in [-0.39, 0.29) is 17.8 Å². The summed E-state index contributed by atoms with van der Waals surface area (Å²) in [5.41, 5.74) is 1.39. The summed E-state index contributed by atoms with van der Waals surface area (Å²) in [6, 6.07) is 0. The van der Waals surface area contributed by atoms with E-state index in [0.29, 0.717) is 31.7 Å². The fourth-order valence-electron chi connectivity index (χ4n) is 3.76. The summed E-state index contributed by atoms with van der Waals surface area (Å²) in [6.45, 7) is 1.23. The van der Waals surface area contributed by atoms with Crippen molar-refractivity contribution in [1.29, 1.82) is 0 Å². The molecule has 1 amide bonds. The molecule has 2 aromatic rings. The molecule has 1 saturated heterocycles. The fourth-order valence-corrected chi connectivity index (χ4v) is 5.98. The molecular formula is C18H21N3O3S2. The van der Waals surface area contributed by atoms with Gasteiger partial charge in [0.25, 0.3) is 0 Å². The lowest BCUT2D eigenvalue weighted by atomic mass is 9.97. The standard InChI is InChI=1S/C18H21N3O3S2/c1-24-18(23)11-5-7-21(8-6-11)14(22)9-25-16-15-12-3-2-4-13(12)26-17(15)20-10-19-16/h10-11H,2-9H2,1H3. The maximum atomic E-state index is 12.6. The molecule has 1 fully saturated rings. The third-order valence-electron chi connectivity index (χ3n) is 5.18. The van der Waals surface area contributed by atoms with Crippen molar-refractivity contribution in [3.8, 4) is 0 Å². The van der Waals surface area contributed by atoms with Crippen molar-refractivity contribution in [2.45, 2.75) is 37.1 Å². The largest absolute Gasteiger partial charge is 0.469 e. The molecule has 0 unspecified atom stereocenters. The molecule has 1 aliphatic heterocycles. The molecule has 0 radical (unpaired) electrons. The average molecular weight is 392 g/mol. The highest BCUT2D eigenvalue weighted by molar-refractivity contribution is 8.00. The van der Waals surface area contributed by atoms with Crippen LogP contribution in [0.3, 0.4) is 0 Å². The average Bonchev–Trinajstić information content (AvgIpc) is 3.26. The Kier molecular flexibility index (Phi) is 5.13. The minimum Gasteiger partial charge on any atom is -0.469 e. The number of nitrogens with zero attached hydrogens (tertiary/aromatic N) is 3. The first-order chi connectivity index (χ1) is 12.7. The van der Waals surface area contributed by atoms with Gasteiger partial charge in [0.15, 0.2) is 0 Å². The number of piperidine rings is 1. The van der Waals surface area contributed by atoms with Gasteiger partial charge in [-0.1, -0.05) is 11.8 Å². The molecule has 0 atom stereocenters. The van der Waals surface area contributed by atoms with Crippen LogP contribution in [0.15, 0.2) is 11.4 Å². The molecule has 3 heterocycles. The maximum Gasteiger partial charge on any atom is 0.308 e. The predicted octanol–water partition coefficient (Wildman–Crippen LogP) is 2.68. The van der Waals surface area contributed by atoms with Crippen LogP contribution in [0.2, 0.25) is 0 Å². The Morgan fingerprint density at radius 1 is 1.31 bits per heavy atom. The predicted molar refractivity (Wildman–Crippen MR) is 101 cm³/mol. The zero-order chi connectivity index (χ0) is 18.1. The summed E-state index contributed by atoms with van der Waals surface area (Å²) < 4.78 is 4.80. The van der Waals surface area contributed by atoms with Crippen LogP contribution >= 0.6 is 23.1 Å². The van der Waals surface area contributed by atoms with Gasteiger partial charge in [-0.25, -0.2) is 9.97 Å². The number of methoxy groups -OCH3 is 1. The molecule has 4 rings (SSSR count). The topological polar surface area (TPSA) is 72.4 Å². The van der Waals surface area contributed by atoms with Gasteiger partial charge in [-0.2, -0.15) is 0 Å². The lowest BCUT2D eigenvalue weighted by Crippen LogP contribution is -2.41. The van der Waals surface area contributed by atoms with Crippen molar-refractivity contribution >= 4 is 45.2 Å². The zero-order valence-electron chi connectivity index (χ0n) is 14.7. The summed E-state index contributed by atoms with van der Waals surface area (Å²) in [5, 5.41) is 2.08. The molecule has 0 spiro atoms. The van der Waals surface area contributed by atoms with Crippen LogP contribution < -0.4 is 0 Å². The van der Waals surface area contributed by atoms with Crippen molar-refractivity contribution in [3.63, 3.8) is 0 Å². The van der Waals surface area contributed by atoms with Crippen LogP contribution in [-0.2, 0) is 27.2 Å². The number of hydrogen-bond donors (Lipinski definition) is 0. The summed E-state index contributed by atoms with van der Waals surface area (Å²) in [5.74, 6) is 0.240. The van der Waals surface area contributed by atoms with Crippen molar-refractivity contribution in [2.24, 2.45) is 5.92 Å². The molecule has 138 valence electrons. The quantitative estimate of drug-likeness (QED) is 0.453. The van der Waals surface area contributed by atoms with Crippen LogP contribution in [0.5, 0.6) is 0 Å². The Balaban J connectivity index is 1.40. The van der Waals surface area contributed by atoms with E-state index >= 15 is 0 Å². The van der Waals surface area contributed by atoms with Crippen molar-refractivity contribution in [1.82, 2.24) is 14.9 Å². The number of thiophene rings is 1. The van der Waals surface area contributed by atoms with E-state index in [4.69, 9.17) is 4.74 Å².